The van der Waals surface area contributed by atoms with Crippen LogP contribution in [0, 0.1) is 12.8 Å². The van der Waals surface area contributed by atoms with Crippen molar-refractivity contribution in [3.8, 4) is 0 Å². The second kappa shape index (κ2) is 7.84. The van der Waals surface area contributed by atoms with E-state index in [2.05, 4.69) is 22.4 Å². The van der Waals surface area contributed by atoms with Crippen molar-refractivity contribution in [2.24, 2.45) is 5.92 Å². The Hall–Kier alpha value is -1.49. The van der Waals surface area contributed by atoms with Crippen molar-refractivity contribution in [1.82, 2.24) is 15.5 Å². The zero-order valence-electron chi connectivity index (χ0n) is 11.9. The number of aliphatic hydroxyl groups is 1. The van der Waals surface area contributed by atoms with Crippen molar-refractivity contribution in [2.45, 2.75) is 40.0 Å². The van der Waals surface area contributed by atoms with E-state index in [0.29, 0.717) is 30.9 Å². The van der Waals surface area contributed by atoms with Crippen LogP contribution >= 0.6 is 0 Å². The largest absolute Gasteiger partial charge is 0.396 e. The Morgan fingerprint density at radius 1 is 1.42 bits per heavy atom. The van der Waals surface area contributed by atoms with Crippen molar-refractivity contribution in [3.63, 3.8) is 0 Å². The Morgan fingerprint density at radius 3 is 2.74 bits per heavy atom. The molecule has 0 aliphatic heterocycles. The first kappa shape index (κ1) is 15.6. The molecule has 0 saturated carbocycles. The zero-order chi connectivity index (χ0) is 14.3. The first-order chi connectivity index (χ1) is 9.12. The monoisotopic (exact) mass is 265 g/mol. The molecule has 0 bridgehead atoms. The minimum Gasteiger partial charge on any atom is -0.396 e. The van der Waals surface area contributed by atoms with Crippen molar-refractivity contribution in [2.75, 3.05) is 13.2 Å². The van der Waals surface area contributed by atoms with E-state index in [1.54, 1.807) is 6.07 Å². The van der Waals surface area contributed by atoms with Crippen molar-refractivity contribution >= 4 is 5.91 Å². The molecule has 5 heteroatoms. The predicted octanol–water partition coefficient (Wildman–Crippen LogP) is 1.49. The molecule has 0 aliphatic rings. The van der Waals surface area contributed by atoms with Crippen molar-refractivity contribution in [3.05, 3.63) is 23.0 Å². The van der Waals surface area contributed by atoms with Crippen LogP contribution in [0.1, 0.15) is 48.4 Å². The number of carbonyl (C=O) groups excluding carboxylic acids is 1. The number of aliphatic hydroxyl groups excluding tert-OH is 1. The van der Waals surface area contributed by atoms with Crippen molar-refractivity contribution < 1.29 is 9.90 Å². The number of amides is 1. The summed E-state index contributed by atoms with van der Waals surface area (Å²) in [6.45, 7) is 6.58. The van der Waals surface area contributed by atoms with E-state index >= 15 is 0 Å². The van der Waals surface area contributed by atoms with Gasteiger partial charge in [-0.05, 0) is 31.7 Å². The molecule has 2 N–H and O–H groups in total. The summed E-state index contributed by atoms with van der Waals surface area (Å²) >= 11 is 0. The lowest BCUT2D eigenvalue weighted by Crippen LogP contribution is -2.30. The normalized spacial score (nSPS) is 12.2. The van der Waals surface area contributed by atoms with Crippen LogP contribution in [0.3, 0.4) is 0 Å². The van der Waals surface area contributed by atoms with Crippen LogP contribution in [0.5, 0.6) is 0 Å². The highest BCUT2D eigenvalue weighted by Crippen LogP contribution is 2.09. The number of rotatable bonds is 7. The molecule has 0 fully saturated rings. The van der Waals surface area contributed by atoms with Crippen LogP contribution in [0.2, 0.25) is 0 Å². The molecular weight excluding hydrogens is 242 g/mol. The Balaban J connectivity index is 2.69. The molecule has 1 rings (SSSR count). The number of aromatic nitrogens is 2. The van der Waals surface area contributed by atoms with Crippen LogP contribution in [0.25, 0.3) is 0 Å². The van der Waals surface area contributed by atoms with Gasteiger partial charge in [0.2, 0.25) is 0 Å². The summed E-state index contributed by atoms with van der Waals surface area (Å²) < 4.78 is 0. The fourth-order valence-corrected chi connectivity index (χ4v) is 1.94. The van der Waals surface area contributed by atoms with Crippen LogP contribution in [-0.4, -0.2) is 34.4 Å². The lowest BCUT2D eigenvalue weighted by Gasteiger charge is -2.15. The number of hydrogen-bond acceptors (Lipinski definition) is 4. The van der Waals surface area contributed by atoms with Gasteiger partial charge in [-0.3, -0.25) is 4.79 Å². The van der Waals surface area contributed by atoms with Gasteiger partial charge in [0.15, 0.2) is 0 Å². The SMILES string of the molecule is CCc1nnc(C)cc1C(=O)NCC(CC)CCO. The molecule has 0 saturated heterocycles. The van der Waals surface area contributed by atoms with Crippen LogP contribution in [-0.2, 0) is 6.42 Å². The fourth-order valence-electron chi connectivity index (χ4n) is 1.94. The molecule has 1 atom stereocenters. The smallest absolute Gasteiger partial charge is 0.253 e. The van der Waals surface area contributed by atoms with Gasteiger partial charge in [-0.25, -0.2) is 0 Å². The lowest BCUT2D eigenvalue weighted by atomic mass is 10.0. The third-order valence-corrected chi connectivity index (χ3v) is 3.24. The van der Waals surface area contributed by atoms with Crippen LogP contribution < -0.4 is 5.32 Å². The third kappa shape index (κ3) is 4.59. The number of hydrogen-bond donors (Lipinski definition) is 2. The van der Waals surface area contributed by atoms with Gasteiger partial charge in [0, 0.05) is 13.2 Å². The van der Waals surface area contributed by atoms with Gasteiger partial charge in [-0.2, -0.15) is 10.2 Å². The molecule has 106 valence electrons. The van der Waals surface area contributed by atoms with E-state index in [4.69, 9.17) is 5.11 Å². The molecule has 1 amide bonds. The quantitative estimate of drug-likeness (QED) is 0.783. The second-order valence-electron chi connectivity index (χ2n) is 4.70. The van der Waals surface area contributed by atoms with Gasteiger partial charge >= 0.3 is 0 Å². The maximum atomic E-state index is 12.2. The molecule has 19 heavy (non-hydrogen) atoms. The van der Waals surface area contributed by atoms with Gasteiger partial charge in [0.05, 0.1) is 17.0 Å². The minimum absolute atomic E-state index is 0.105. The summed E-state index contributed by atoms with van der Waals surface area (Å²) in [7, 11) is 0. The average molecular weight is 265 g/mol. The van der Waals surface area contributed by atoms with E-state index in [0.717, 1.165) is 17.8 Å². The Bertz CT molecular complexity index is 421. The molecule has 0 aromatic carbocycles. The van der Waals surface area contributed by atoms with Crippen LogP contribution in [0.15, 0.2) is 6.07 Å². The summed E-state index contributed by atoms with van der Waals surface area (Å²) in [5.74, 6) is 0.209. The molecule has 1 unspecified atom stereocenters. The van der Waals surface area contributed by atoms with Gasteiger partial charge < -0.3 is 10.4 Å². The molecule has 0 spiro atoms. The molecule has 1 aromatic heterocycles. The summed E-state index contributed by atoms with van der Waals surface area (Å²) in [5.41, 5.74) is 2.07. The van der Waals surface area contributed by atoms with E-state index in [1.807, 2.05) is 13.8 Å². The Labute approximate surface area is 114 Å². The van der Waals surface area contributed by atoms with Crippen molar-refractivity contribution in [1.29, 1.82) is 0 Å². The van der Waals surface area contributed by atoms with Gasteiger partial charge in [0.25, 0.3) is 5.91 Å². The number of carbonyl (C=O) groups is 1. The lowest BCUT2D eigenvalue weighted by molar-refractivity contribution is 0.0942. The molecule has 1 aromatic rings. The molecule has 0 aliphatic carbocycles. The summed E-state index contributed by atoms with van der Waals surface area (Å²) in [6, 6.07) is 1.77. The van der Waals surface area contributed by atoms with E-state index in [-0.39, 0.29) is 12.5 Å². The summed E-state index contributed by atoms with van der Waals surface area (Å²) in [4.78, 5) is 12.2. The Kier molecular flexibility index (Phi) is 6.42. The van der Waals surface area contributed by atoms with E-state index in [9.17, 15) is 4.79 Å². The fraction of sp³-hybridized carbons (Fsp3) is 0.643. The number of nitrogens with one attached hydrogen (secondary N) is 1. The minimum atomic E-state index is -0.105. The van der Waals surface area contributed by atoms with Gasteiger partial charge in [0.1, 0.15) is 0 Å². The molecule has 1 heterocycles. The highest BCUT2D eigenvalue weighted by atomic mass is 16.3. The highest BCUT2D eigenvalue weighted by molar-refractivity contribution is 5.95. The highest BCUT2D eigenvalue weighted by Gasteiger charge is 2.14. The third-order valence-electron chi connectivity index (χ3n) is 3.24. The molecule has 5 nitrogen and oxygen atoms in total. The standard InChI is InChI=1S/C14H23N3O2/c1-4-11(6-7-18)9-15-14(19)12-8-10(3)16-17-13(12)5-2/h8,11,18H,4-7,9H2,1-3H3,(H,15,19). The zero-order valence-corrected chi connectivity index (χ0v) is 11.9. The first-order valence-corrected chi connectivity index (χ1v) is 6.84. The van der Waals surface area contributed by atoms with Gasteiger partial charge in [-0.1, -0.05) is 20.3 Å². The average Bonchev–Trinajstić information content (AvgIpc) is 2.43. The first-order valence-electron chi connectivity index (χ1n) is 6.84. The summed E-state index contributed by atoms with van der Waals surface area (Å²) in [6.07, 6.45) is 2.34. The molecular formula is C14H23N3O2. The van der Waals surface area contributed by atoms with E-state index in [1.165, 1.54) is 0 Å². The van der Waals surface area contributed by atoms with E-state index < -0.39 is 0 Å². The Morgan fingerprint density at radius 2 is 2.16 bits per heavy atom. The number of aryl methyl sites for hydroxylation is 2. The number of nitrogens with zero attached hydrogens (tertiary/aromatic N) is 2. The second-order valence-corrected chi connectivity index (χ2v) is 4.70. The van der Waals surface area contributed by atoms with Crippen LogP contribution in [0.4, 0.5) is 0 Å². The summed E-state index contributed by atoms with van der Waals surface area (Å²) in [5, 5.41) is 19.9. The predicted molar refractivity (Wildman–Crippen MR) is 74.0 cm³/mol. The topological polar surface area (TPSA) is 75.1 Å². The van der Waals surface area contributed by atoms with Gasteiger partial charge in [-0.15, -0.1) is 0 Å². The maximum absolute atomic E-state index is 12.2. The molecule has 0 radical (unpaired) electrons. The maximum Gasteiger partial charge on any atom is 0.253 e.